The van der Waals surface area contributed by atoms with Crippen molar-refractivity contribution in [2.75, 3.05) is 0 Å². The first kappa shape index (κ1) is 13.5. The molecular weight excluding hydrogens is 280 g/mol. The minimum absolute atomic E-state index is 0.471. The van der Waals surface area contributed by atoms with Gasteiger partial charge >= 0.3 is 0 Å². The molecule has 0 bridgehead atoms. The van der Waals surface area contributed by atoms with Crippen molar-refractivity contribution in [3.63, 3.8) is 0 Å². The molecule has 0 atom stereocenters. The number of hydrogen-bond donors (Lipinski definition) is 1. The molecule has 5 heteroatoms. The average molecular weight is 294 g/mol. The van der Waals surface area contributed by atoms with Crippen molar-refractivity contribution in [1.82, 2.24) is 14.9 Å². The Kier molecular flexibility index (Phi) is 3.75. The number of nitrogens with zero attached hydrogens (tertiary/aromatic N) is 3. The van der Waals surface area contributed by atoms with Crippen LogP contribution in [-0.4, -0.2) is 21.1 Å². The Morgan fingerprint density at radius 3 is 2.57 bits per heavy atom. The molecule has 3 aromatic rings. The predicted molar refractivity (Wildman–Crippen MR) is 87.0 cm³/mol. The third-order valence-corrected chi connectivity index (χ3v) is 3.45. The number of aryl methyl sites for hydroxylation is 1. The Balaban J connectivity index is 2.02. The van der Waals surface area contributed by atoms with E-state index in [-0.39, 0.29) is 0 Å². The van der Waals surface area contributed by atoms with Crippen molar-refractivity contribution < 1.29 is 0 Å². The second kappa shape index (κ2) is 5.85. The van der Waals surface area contributed by atoms with Crippen LogP contribution >= 0.6 is 12.2 Å². The summed E-state index contributed by atoms with van der Waals surface area (Å²) in [5, 5.41) is 11.5. The Labute approximate surface area is 127 Å². The summed E-state index contributed by atoms with van der Waals surface area (Å²) >= 11 is 5.25. The van der Waals surface area contributed by atoms with Crippen LogP contribution in [0.2, 0.25) is 0 Å². The van der Waals surface area contributed by atoms with Crippen LogP contribution in [0.4, 0.5) is 0 Å². The second-order valence-corrected chi connectivity index (χ2v) is 5.02. The van der Waals surface area contributed by atoms with Gasteiger partial charge in [0.1, 0.15) is 0 Å². The average Bonchev–Trinajstić information content (AvgIpc) is 2.88. The molecule has 1 aromatic heterocycles. The summed E-state index contributed by atoms with van der Waals surface area (Å²) in [5.74, 6) is 0.699. The van der Waals surface area contributed by atoms with E-state index in [2.05, 4.69) is 15.3 Å². The number of aromatic nitrogens is 3. The fraction of sp³-hybridized carbons (Fsp3) is 0.0625. The fourth-order valence-electron chi connectivity index (χ4n) is 2.02. The number of H-pyrrole nitrogens is 1. The van der Waals surface area contributed by atoms with Gasteiger partial charge in [-0.3, -0.25) is 0 Å². The van der Waals surface area contributed by atoms with Gasteiger partial charge in [-0.25, -0.2) is 5.10 Å². The van der Waals surface area contributed by atoms with Gasteiger partial charge in [0.15, 0.2) is 5.82 Å². The largest absolute Gasteiger partial charge is 0.250 e. The van der Waals surface area contributed by atoms with E-state index in [0.717, 1.165) is 16.7 Å². The molecule has 0 aliphatic carbocycles. The van der Waals surface area contributed by atoms with Gasteiger partial charge in [0, 0.05) is 5.56 Å². The van der Waals surface area contributed by atoms with Crippen LogP contribution in [-0.2, 0) is 0 Å². The topological polar surface area (TPSA) is 46.0 Å². The van der Waals surface area contributed by atoms with Gasteiger partial charge < -0.3 is 0 Å². The Morgan fingerprint density at radius 1 is 1.10 bits per heavy atom. The molecule has 0 fully saturated rings. The predicted octanol–water partition coefficient (Wildman–Crippen LogP) is 3.80. The monoisotopic (exact) mass is 294 g/mol. The molecule has 4 nitrogen and oxygen atoms in total. The van der Waals surface area contributed by atoms with Crippen molar-refractivity contribution in [2.45, 2.75) is 6.92 Å². The Morgan fingerprint density at radius 2 is 1.81 bits per heavy atom. The zero-order chi connectivity index (χ0) is 14.7. The molecule has 2 aromatic carbocycles. The maximum atomic E-state index is 5.25. The first-order chi connectivity index (χ1) is 10.3. The van der Waals surface area contributed by atoms with Crippen LogP contribution in [0.25, 0.3) is 11.4 Å². The zero-order valence-corrected chi connectivity index (χ0v) is 12.3. The van der Waals surface area contributed by atoms with E-state index in [4.69, 9.17) is 12.2 Å². The molecule has 1 heterocycles. The quantitative estimate of drug-likeness (QED) is 0.590. The Hall–Kier alpha value is -2.53. The molecule has 21 heavy (non-hydrogen) atoms. The summed E-state index contributed by atoms with van der Waals surface area (Å²) in [6, 6.07) is 17.9. The van der Waals surface area contributed by atoms with E-state index in [0.29, 0.717) is 10.6 Å². The molecule has 0 saturated carbocycles. The summed E-state index contributed by atoms with van der Waals surface area (Å²) in [5.41, 5.74) is 3.18. The molecular formula is C16H14N4S. The van der Waals surface area contributed by atoms with Gasteiger partial charge in [-0.15, -0.1) is 0 Å². The fourth-order valence-corrected chi connectivity index (χ4v) is 2.20. The normalized spacial score (nSPS) is 11.1. The van der Waals surface area contributed by atoms with Crippen molar-refractivity contribution in [1.29, 1.82) is 0 Å². The first-order valence-corrected chi connectivity index (χ1v) is 6.99. The number of aromatic amines is 1. The summed E-state index contributed by atoms with van der Waals surface area (Å²) in [6.45, 7) is 2.05. The molecule has 0 saturated heterocycles. The van der Waals surface area contributed by atoms with E-state index in [9.17, 15) is 0 Å². The van der Waals surface area contributed by atoms with E-state index >= 15 is 0 Å². The molecule has 0 aliphatic rings. The van der Waals surface area contributed by atoms with Crippen LogP contribution < -0.4 is 0 Å². The van der Waals surface area contributed by atoms with Crippen molar-refractivity contribution >= 4 is 18.4 Å². The SMILES string of the molecule is Cc1ccccc1/C=N\n1c(-c2ccccc2)n[nH]c1=S. The van der Waals surface area contributed by atoms with Gasteiger partial charge in [0.2, 0.25) is 4.77 Å². The molecule has 0 spiro atoms. The second-order valence-electron chi connectivity index (χ2n) is 4.63. The highest BCUT2D eigenvalue weighted by molar-refractivity contribution is 7.71. The van der Waals surface area contributed by atoms with E-state index in [1.807, 2.05) is 61.5 Å². The van der Waals surface area contributed by atoms with E-state index in [1.165, 1.54) is 0 Å². The zero-order valence-electron chi connectivity index (χ0n) is 11.5. The number of benzene rings is 2. The van der Waals surface area contributed by atoms with Gasteiger partial charge in [0.25, 0.3) is 0 Å². The molecule has 1 N–H and O–H groups in total. The van der Waals surface area contributed by atoms with Gasteiger partial charge in [-0.05, 0) is 30.3 Å². The number of hydrogen-bond acceptors (Lipinski definition) is 3. The third kappa shape index (κ3) is 2.83. The van der Waals surface area contributed by atoms with Crippen LogP contribution in [0.3, 0.4) is 0 Å². The van der Waals surface area contributed by atoms with E-state index < -0.39 is 0 Å². The smallest absolute Gasteiger partial charge is 0.216 e. The lowest BCUT2D eigenvalue weighted by atomic mass is 10.1. The maximum Gasteiger partial charge on any atom is 0.216 e. The van der Waals surface area contributed by atoms with Crippen molar-refractivity contribution in [3.8, 4) is 11.4 Å². The third-order valence-electron chi connectivity index (χ3n) is 3.18. The van der Waals surface area contributed by atoms with Crippen molar-refractivity contribution in [2.24, 2.45) is 5.10 Å². The highest BCUT2D eigenvalue weighted by Gasteiger charge is 2.07. The van der Waals surface area contributed by atoms with Crippen LogP contribution in [0.5, 0.6) is 0 Å². The van der Waals surface area contributed by atoms with Crippen molar-refractivity contribution in [3.05, 3.63) is 70.5 Å². The summed E-state index contributed by atoms with van der Waals surface area (Å²) in [4.78, 5) is 0. The minimum Gasteiger partial charge on any atom is -0.250 e. The molecule has 0 unspecified atom stereocenters. The summed E-state index contributed by atoms with van der Waals surface area (Å²) < 4.78 is 2.11. The number of nitrogens with one attached hydrogen (secondary N) is 1. The standard InChI is InChI=1S/C16H14N4S/c1-12-7-5-6-10-14(12)11-17-20-15(18-19-16(20)21)13-8-3-2-4-9-13/h2-11H,1H3,(H,19,21)/b17-11-. The van der Waals surface area contributed by atoms with Gasteiger partial charge in [0.05, 0.1) is 6.21 Å². The van der Waals surface area contributed by atoms with Crippen LogP contribution in [0, 0.1) is 11.7 Å². The molecule has 104 valence electrons. The van der Waals surface area contributed by atoms with Gasteiger partial charge in [-0.1, -0.05) is 54.6 Å². The highest BCUT2D eigenvalue weighted by atomic mass is 32.1. The lowest BCUT2D eigenvalue weighted by Gasteiger charge is -2.01. The van der Waals surface area contributed by atoms with Crippen LogP contribution in [0.15, 0.2) is 59.7 Å². The van der Waals surface area contributed by atoms with Crippen LogP contribution in [0.1, 0.15) is 11.1 Å². The van der Waals surface area contributed by atoms with E-state index in [1.54, 1.807) is 10.9 Å². The summed E-state index contributed by atoms with van der Waals surface area (Å²) in [7, 11) is 0. The number of rotatable bonds is 3. The minimum atomic E-state index is 0.471. The maximum absolute atomic E-state index is 5.25. The molecule has 0 radical (unpaired) electrons. The lowest BCUT2D eigenvalue weighted by molar-refractivity contribution is 0.871. The molecule has 3 rings (SSSR count). The highest BCUT2D eigenvalue weighted by Crippen LogP contribution is 2.16. The van der Waals surface area contributed by atoms with Gasteiger partial charge in [-0.2, -0.15) is 14.9 Å². The summed E-state index contributed by atoms with van der Waals surface area (Å²) in [6.07, 6.45) is 1.80. The molecule has 0 amide bonds. The Bertz CT molecular complexity index is 831. The lowest BCUT2D eigenvalue weighted by Crippen LogP contribution is -1.95. The first-order valence-electron chi connectivity index (χ1n) is 6.58. The molecule has 0 aliphatic heterocycles.